The zero-order chi connectivity index (χ0) is 58.6. The highest BCUT2D eigenvalue weighted by Gasteiger charge is 2.32. The van der Waals surface area contributed by atoms with Gasteiger partial charge in [-0.3, -0.25) is 53.0 Å². The lowest BCUT2D eigenvalue weighted by Crippen LogP contribution is -2.53. The van der Waals surface area contributed by atoms with Crippen molar-refractivity contribution in [2.24, 2.45) is 25.0 Å². The highest BCUT2D eigenvalue weighted by molar-refractivity contribution is 6.13. The quantitative estimate of drug-likeness (QED) is 0.0240. The molecule has 0 aliphatic carbocycles. The zero-order valence-corrected chi connectivity index (χ0v) is 47.3. The second-order valence-corrected chi connectivity index (χ2v) is 21.4. The fraction of sp³-hybridized carbons (Fsp3) is 0.387. The number of hydrogen-bond acceptors (Lipinski definition) is 12. The molecule has 4 N–H and O–H groups in total. The van der Waals surface area contributed by atoms with E-state index in [0.29, 0.717) is 83.3 Å². The summed E-state index contributed by atoms with van der Waals surface area (Å²) < 4.78 is 15.0. The Kier molecular flexibility index (Phi) is 19.5. The van der Waals surface area contributed by atoms with Crippen molar-refractivity contribution in [2.45, 2.75) is 110 Å². The topological polar surface area (TPSA) is 249 Å². The molecule has 0 bridgehead atoms. The predicted molar refractivity (Wildman–Crippen MR) is 309 cm³/mol. The lowest BCUT2D eigenvalue weighted by Gasteiger charge is -2.32. The molecule has 82 heavy (non-hydrogen) atoms. The van der Waals surface area contributed by atoms with Gasteiger partial charge < -0.3 is 44.8 Å². The Morgan fingerprint density at radius 2 is 1.39 bits per heavy atom. The van der Waals surface area contributed by atoms with Crippen LogP contribution in [0.4, 0.5) is 17.1 Å². The van der Waals surface area contributed by atoms with E-state index in [1.807, 2.05) is 41.6 Å². The third kappa shape index (κ3) is 14.9. The predicted octanol–water partition coefficient (Wildman–Crippen LogP) is 7.47. The molecule has 0 spiro atoms. The Labute approximate surface area is 476 Å². The molecule has 1 saturated heterocycles. The van der Waals surface area contributed by atoms with Gasteiger partial charge in [0.05, 0.1) is 48.4 Å². The van der Waals surface area contributed by atoms with Crippen molar-refractivity contribution < 1.29 is 52.6 Å². The number of hydrogen-bond donors (Lipinski definition) is 4. The van der Waals surface area contributed by atoms with E-state index >= 15 is 0 Å². The molecule has 20 nitrogen and oxygen atoms in total. The van der Waals surface area contributed by atoms with Crippen LogP contribution >= 0.6 is 0 Å². The number of piperidine rings is 1. The monoisotopic (exact) mass is 1120 g/mol. The first-order chi connectivity index (χ1) is 39.3. The Morgan fingerprint density at radius 3 is 2.11 bits per heavy atom. The molecule has 430 valence electrons. The number of anilines is 2. The largest absolute Gasteiger partial charge is 0.493 e. The molecular weight excluding hydrogens is 1050 g/mol. The number of carbonyl (C=O) groups is 9. The Bertz CT molecular complexity index is 3280. The second-order valence-electron chi connectivity index (χ2n) is 21.4. The molecule has 3 atom stereocenters. The average Bonchev–Trinajstić information content (AvgIpc) is 4.18. The summed E-state index contributed by atoms with van der Waals surface area (Å²) in [4.78, 5) is 124. The maximum Gasteiger partial charge on any atom is 0.272 e. The lowest BCUT2D eigenvalue weighted by atomic mass is 10.0. The van der Waals surface area contributed by atoms with Crippen LogP contribution < -0.4 is 30.7 Å². The normalized spacial score (nSPS) is 15.4. The molecule has 3 aliphatic heterocycles. The fourth-order valence-electron chi connectivity index (χ4n) is 10.2. The standard InChI is InChI=1S/C62H71N9O11/c1-38(2)59(67-56(75)14-8-7-10-27-71-57(76)24-25-58(71)77)61(79)64-39(3)51(72)29-41-18-22-44(23-19-41)66-60(78)50-31-43(36-68(50)4)42-20-16-40(17-21-42)30-52(73)49-32-45(37-69(49)5)65-55(74)15-12-28-82-54-34-48-47(33-53(54)81-6)62(80)70-26-11-9-13-46(70)35-63-48/h16-25,31-39,46,59H,7-15,26-30H2,1-6H3,(H,64,79)(H,65,74)(H,66,78)(H,67,75)/t39-,46-,59-/m0/s1. The van der Waals surface area contributed by atoms with Crippen molar-refractivity contribution in [2.75, 3.05) is 37.4 Å². The van der Waals surface area contributed by atoms with Gasteiger partial charge in [0.1, 0.15) is 11.7 Å². The van der Waals surface area contributed by atoms with Crippen molar-refractivity contribution in [3.8, 4) is 22.6 Å². The number of fused-ring (bicyclic) bond motifs is 2. The van der Waals surface area contributed by atoms with Crippen LogP contribution in [0.15, 0.2) is 102 Å². The number of aryl methyl sites for hydroxylation is 2. The van der Waals surface area contributed by atoms with Gasteiger partial charge in [0, 0.05) is 101 Å². The molecule has 3 aliphatic rings. The summed E-state index contributed by atoms with van der Waals surface area (Å²) in [5.41, 5.74) is 5.96. The number of ether oxygens (including phenoxy) is 2. The average molecular weight is 1120 g/mol. The molecule has 0 unspecified atom stereocenters. The van der Waals surface area contributed by atoms with Crippen molar-refractivity contribution >= 4 is 76.2 Å². The van der Waals surface area contributed by atoms with Gasteiger partial charge in [0.15, 0.2) is 23.1 Å². The summed E-state index contributed by atoms with van der Waals surface area (Å²) in [7, 11) is 5.04. The van der Waals surface area contributed by atoms with Crippen LogP contribution in [-0.4, -0.2) is 123 Å². The highest BCUT2D eigenvalue weighted by atomic mass is 16.5. The van der Waals surface area contributed by atoms with Crippen LogP contribution in [0.1, 0.15) is 121 Å². The summed E-state index contributed by atoms with van der Waals surface area (Å²) in [5.74, 6) is -1.87. The van der Waals surface area contributed by atoms with E-state index in [0.717, 1.165) is 40.9 Å². The van der Waals surface area contributed by atoms with E-state index in [1.165, 1.54) is 19.3 Å². The summed E-state index contributed by atoms with van der Waals surface area (Å²) >= 11 is 0. The number of unbranched alkanes of at least 4 members (excludes halogenated alkanes) is 2. The van der Waals surface area contributed by atoms with Crippen LogP contribution in [0.5, 0.6) is 11.5 Å². The number of rotatable bonds is 26. The number of ketones is 2. The fourth-order valence-corrected chi connectivity index (χ4v) is 10.2. The van der Waals surface area contributed by atoms with Gasteiger partial charge in [-0.2, -0.15) is 0 Å². The minimum atomic E-state index is -0.855. The molecule has 0 saturated carbocycles. The first kappa shape index (κ1) is 59.2. The van der Waals surface area contributed by atoms with E-state index in [4.69, 9.17) is 9.47 Å². The lowest BCUT2D eigenvalue weighted by molar-refractivity contribution is -0.137. The van der Waals surface area contributed by atoms with Gasteiger partial charge in [-0.25, -0.2) is 0 Å². The number of carbonyl (C=O) groups excluding carboxylic acids is 9. The Morgan fingerprint density at radius 1 is 0.695 bits per heavy atom. The summed E-state index contributed by atoms with van der Waals surface area (Å²) in [6.07, 6.45) is 13.3. The van der Waals surface area contributed by atoms with E-state index in [1.54, 1.807) is 98.7 Å². The van der Waals surface area contributed by atoms with Crippen molar-refractivity contribution in [1.29, 1.82) is 0 Å². The molecule has 2 aromatic heterocycles. The maximum absolute atomic E-state index is 13.5. The number of nitrogens with zero attached hydrogens (tertiary/aromatic N) is 5. The minimum absolute atomic E-state index is 0.0244. The van der Waals surface area contributed by atoms with E-state index in [-0.39, 0.29) is 97.8 Å². The van der Waals surface area contributed by atoms with E-state index in [2.05, 4.69) is 26.3 Å². The van der Waals surface area contributed by atoms with E-state index in [9.17, 15) is 43.2 Å². The number of nitrogens with one attached hydrogen (secondary N) is 4. The van der Waals surface area contributed by atoms with Crippen LogP contribution in [0, 0.1) is 5.92 Å². The molecule has 5 heterocycles. The molecule has 8 rings (SSSR count). The Hall–Kier alpha value is -8.94. The number of benzene rings is 3. The molecule has 7 amide bonds. The molecule has 3 aromatic carbocycles. The molecule has 1 fully saturated rings. The van der Waals surface area contributed by atoms with Crippen LogP contribution in [0.2, 0.25) is 0 Å². The van der Waals surface area contributed by atoms with Crippen molar-refractivity contribution in [3.63, 3.8) is 0 Å². The summed E-state index contributed by atoms with van der Waals surface area (Å²) in [5, 5.41) is 11.3. The van der Waals surface area contributed by atoms with Gasteiger partial charge in [-0.05, 0) is 98.4 Å². The Balaban J connectivity index is 0.751. The number of imide groups is 1. The number of Topliss-reactive ketones (excluding diaryl/α,β-unsaturated/α-hetero) is 2. The molecular formula is C62H71N9O11. The first-order valence-corrected chi connectivity index (χ1v) is 27.9. The maximum atomic E-state index is 13.5. The third-order valence-corrected chi connectivity index (χ3v) is 14.9. The number of amides is 7. The SMILES string of the molecule is COc1cc2c(cc1OCCCC(=O)Nc1cc(C(=O)Cc3ccc(-c4cc(C(=O)Nc5ccc(CC(=O)[C@H](C)NC(=O)[C@@H](NC(=O)CCCCCN6C(=O)C=CC6=O)C(C)C)cc5)n(C)c4)cc3)n(C)c1)N=C[C@@H]1CCCCN1C2=O. The zero-order valence-electron chi connectivity index (χ0n) is 47.3. The molecule has 20 heteroatoms. The van der Waals surface area contributed by atoms with Crippen LogP contribution in [-0.2, 0) is 55.7 Å². The van der Waals surface area contributed by atoms with Crippen LogP contribution in [0.25, 0.3) is 11.1 Å². The summed E-state index contributed by atoms with van der Waals surface area (Å²) in [6.45, 7) is 6.39. The third-order valence-electron chi connectivity index (χ3n) is 14.9. The smallest absolute Gasteiger partial charge is 0.272 e. The van der Waals surface area contributed by atoms with Crippen molar-refractivity contribution in [3.05, 3.63) is 125 Å². The number of methoxy groups -OCH3 is 1. The van der Waals surface area contributed by atoms with Gasteiger partial charge in [0.2, 0.25) is 17.7 Å². The second kappa shape index (κ2) is 27.0. The van der Waals surface area contributed by atoms with Crippen LogP contribution in [0.3, 0.4) is 0 Å². The van der Waals surface area contributed by atoms with Gasteiger partial charge >= 0.3 is 0 Å². The van der Waals surface area contributed by atoms with E-state index < -0.39 is 18.0 Å². The first-order valence-electron chi connectivity index (χ1n) is 27.9. The molecule has 5 aromatic rings. The highest BCUT2D eigenvalue weighted by Crippen LogP contribution is 2.38. The molecule has 0 radical (unpaired) electrons. The van der Waals surface area contributed by atoms with Gasteiger partial charge in [-0.15, -0.1) is 0 Å². The summed E-state index contributed by atoms with van der Waals surface area (Å²) in [6, 6.07) is 19.5. The van der Waals surface area contributed by atoms with Gasteiger partial charge in [0.25, 0.3) is 23.6 Å². The number of aliphatic imine (C=N–C) groups is 1. The van der Waals surface area contributed by atoms with Gasteiger partial charge in [-0.1, -0.05) is 56.7 Å². The number of aromatic nitrogens is 2. The minimum Gasteiger partial charge on any atom is -0.493 e. The van der Waals surface area contributed by atoms with Crippen molar-refractivity contribution in [1.82, 2.24) is 29.6 Å².